The van der Waals surface area contributed by atoms with Crippen molar-refractivity contribution in [3.8, 4) is 0 Å². The summed E-state index contributed by atoms with van der Waals surface area (Å²) in [6.07, 6.45) is 2.23. The zero-order chi connectivity index (χ0) is 9.84. The maximum atomic E-state index is 11.4. The number of amides is 1. The van der Waals surface area contributed by atoms with Gasteiger partial charge < -0.3 is 10.0 Å². The van der Waals surface area contributed by atoms with Gasteiger partial charge in [-0.3, -0.25) is 4.79 Å². The van der Waals surface area contributed by atoms with Gasteiger partial charge in [0.1, 0.15) is 0 Å². The Bertz CT molecular complexity index is 187. The van der Waals surface area contributed by atoms with Crippen LogP contribution >= 0.6 is 23.2 Å². The Morgan fingerprint density at radius 2 is 2.00 bits per heavy atom. The lowest BCUT2D eigenvalue weighted by Gasteiger charge is -2.27. The van der Waals surface area contributed by atoms with Crippen LogP contribution in [-0.4, -0.2) is 33.5 Å². The van der Waals surface area contributed by atoms with E-state index in [1.165, 1.54) is 4.90 Å². The van der Waals surface area contributed by atoms with E-state index in [1.54, 1.807) is 0 Å². The summed E-state index contributed by atoms with van der Waals surface area (Å²) >= 11 is 11.0. The number of hydrogen-bond donors (Lipinski definition) is 1. The highest BCUT2D eigenvalue weighted by Crippen LogP contribution is 2.18. The second-order valence-electron chi connectivity index (χ2n) is 3.15. The second-order valence-corrected chi connectivity index (χ2v) is 4.31. The number of carbonyl (C=O) groups excluding carboxylic acids is 1. The minimum atomic E-state index is -1.06. The number of halogens is 2. The van der Waals surface area contributed by atoms with E-state index in [0.717, 1.165) is 19.3 Å². The first kappa shape index (κ1) is 11.1. The van der Waals surface area contributed by atoms with Crippen molar-refractivity contribution in [1.29, 1.82) is 0 Å². The Morgan fingerprint density at radius 3 is 2.62 bits per heavy atom. The van der Waals surface area contributed by atoms with Gasteiger partial charge in [-0.05, 0) is 12.8 Å². The summed E-state index contributed by atoms with van der Waals surface area (Å²) in [6.45, 7) is 0.552. The van der Waals surface area contributed by atoms with Crippen LogP contribution in [0.15, 0.2) is 0 Å². The fourth-order valence-corrected chi connectivity index (χ4v) is 1.69. The van der Waals surface area contributed by atoms with Crippen LogP contribution in [0.1, 0.15) is 25.7 Å². The molecule has 1 aliphatic rings. The van der Waals surface area contributed by atoms with Crippen LogP contribution in [-0.2, 0) is 4.79 Å². The highest BCUT2D eigenvalue weighted by atomic mass is 35.5. The van der Waals surface area contributed by atoms with Crippen LogP contribution in [0.2, 0.25) is 0 Å². The van der Waals surface area contributed by atoms with Gasteiger partial charge in [0, 0.05) is 13.0 Å². The number of hydrogen-bond acceptors (Lipinski definition) is 2. The Hall–Kier alpha value is 0.01000. The van der Waals surface area contributed by atoms with Crippen molar-refractivity contribution in [3.63, 3.8) is 0 Å². The van der Waals surface area contributed by atoms with Crippen LogP contribution < -0.4 is 0 Å². The first-order chi connectivity index (χ1) is 6.13. The lowest BCUT2D eigenvalue weighted by atomic mass is 10.2. The van der Waals surface area contributed by atoms with Crippen molar-refractivity contribution in [2.45, 2.75) is 36.7 Å². The molecule has 0 aromatic carbocycles. The minimum Gasteiger partial charge on any atom is -0.371 e. The highest BCUT2D eigenvalue weighted by molar-refractivity contribution is 6.44. The molecule has 1 rings (SSSR count). The SMILES string of the molecule is O=C1CCCCCN1C(O)C(Cl)Cl. The number of likely N-dealkylation sites (tertiary alicyclic amines) is 1. The van der Waals surface area contributed by atoms with E-state index in [-0.39, 0.29) is 5.91 Å². The second kappa shape index (κ2) is 5.03. The van der Waals surface area contributed by atoms with Crippen LogP contribution in [0.25, 0.3) is 0 Å². The molecule has 1 N–H and O–H groups in total. The van der Waals surface area contributed by atoms with Crippen molar-refractivity contribution >= 4 is 29.1 Å². The van der Waals surface area contributed by atoms with Gasteiger partial charge in [0.25, 0.3) is 0 Å². The quantitative estimate of drug-likeness (QED) is 0.725. The molecular formula is C8H13Cl2NO2. The summed E-state index contributed by atoms with van der Waals surface area (Å²) < 4.78 is 0. The van der Waals surface area contributed by atoms with E-state index in [2.05, 4.69) is 0 Å². The third kappa shape index (κ3) is 3.01. The van der Waals surface area contributed by atoms with Gasteiger partial charge >= 0.3 is 0 Å². The van der Waals surface area contributed by atoms with Crippen molar-refractivity contribution < 1.29 is 9.90 Å². The molecule has 1 unspecified atom stereocenters. The van der Waals surface area contributed by atoms with E-state index in [1.807, 2.05) is 0 Å². The minimum absolute atomic E-state index is 0.0590. The van der Waals surface area contributed by atoms with Gasteiger partial charge in [-0.1, -0.05) is 6.42 Å². The topological polar surface area (TPSA) is 40.5 Å². The van der Waals surface area contributed by atoms with E-state index in [9.17, 15) is 9.90 Å². The third-order valence-corrected chi connectivity index (χ3v) is 2.61. The van der Waals surface area contributed by atoms with Crippen LogP contribution in [0, 0.1) is 0 Å². The average Bonchev–Trinajstić information content (AvgIpc) is 2.28. The zero-order valence-corrected chi connectivity index (χ0v) is 8.76. The van der Waals surface area contributed by atoms with Gasteiger partial charge in [0.2, 0.25) is 5.91 Å². The summed E-state index contributed by atoms with van der Waals surface area (Å²) in [7, 11) is 0. The molecule has 0 aromatic heterocycles. The van der Waals surface area contributed by atoms with Crippen LogP contribution in [0.4, 0.5) is 0 Å². The van der Waals surface area contributed by atoms with Crippen molar-refractivity contribution in [2.75, 3.05) is 6.54 Å². The number of rotatable bonds is 2. The van der Waals surface area contributed by atoms with E-state index in [4.69, 9.17) is 23.2 Å². The van der Waals surface area contributed by atoms with Gasteiger partial charge in [-0.15, -0.1) is 23.2 Å². The summed E-state index contributed by atoms with van der Waals surface area (Å²) in [5, 5.41) is 9.49. The molecule has 3 nitrogen and oxygen atoms in total. The molecule has 0 saturated carbocycles. The molecule has 1 heterocycles. The molecular weight excluding hydrogens is 213 g/mol. The number of aliphatic hydroxyl groups excluding tert-OH is 1. The Kier molecular flexibility index (Phi) is 4.29. The summed E-state index contributed by atoms with van der Waals surface area (Å²) in [4.78, 5) is 11.8. The van der Waals surface area contributed by atoms with E-state index in [0.29, 0.717) is 13.0 Å². The molecule has 0 aromatic rings. The van der Waals surface area contributed by atoms with Gasteiger partial charge in [-0.2, -0.15) is 0 Å². The summed E-state index contributed by atoms with van der Waals surface area (Å²) in [5.74, 6) is -0.0590. The Balaban J connectivity index is 2.58. The maximum Gasteiger partial charge on any atom is 0.224 e. The van der Waals surface area contributed by atoms with Crippen molar-refractivity contribution in [3.05, 3.63) is 0 Å². The summed E-state index contributed by atoms with van der Waals surface area (Å²) in [5.41, 5.74) is 0. The smallest absolute Gasteiger partial charge is 0.224 e. The molecule has 5 heteroatoms. The molecule has 0 bridgehead atoms. The Morgan fingerprint density at radius 1 is 1.31 bits per heavy atom. The Labute approximate surface area is 87.6 Å². The molecule has 1 atom stereocenters. The molecule has 0 radical (unpaired) electrons. The number of nitrogens with zero attached hydrogens (tertiary/aromatic N) is 1. The van der Waals surface area contributed by atoms with Gasteiger partial charge in [-0.25, -0.2) is 0 Å². The molecule has 76 valence electrons. The molecule has 1 amide bonds. The third-order valence-electron chi connectivity index (χ3n) is 2.15. The van der Waals surface area contributed by atoms with Gasteiger partial charge in [0.05, 0.1) is 0 Å². The van der Waals surface area contributed by atoms with Crippen molar-refractivity contribution in [2.24, 2.45) is 0 Å². The zero-order valence-electron chi connectivity index (χ0n) is 7.25. The number of alkyl halides is 2. The number of carbonyl (C=O) groups is 1. The predicted molar refractivity (Wildman–Crippen MR) is 51.7 cm³/mol. The van der Waals surface area contributed by atoms with Crippen LogP contribution in [0.5, 0.6) is 0 Å². The molecule has 1 fully saturated rings. The first-order valence-electron chi connectivity index (χ1n) is 4.38. The normalized spacial score (nSPS) is 21.8. The molecule has 1 aliphatic heterocycles. The number of aliphatic hydroxyl groups is 1. The lowest BCUT2D eigenvalue weighted by Crippen LogP contribution is -2.43. The van der Waals surface area contributed by atoms with Crippen molar-refractivity contribution in [1.82, 2.24) is 4.90 Å². The van der Waals surface area contributed by atoms with E-state index < -0.39 is 11.1 Å². The average molecular weight is 226 g/mol. The maximum absolute atomic E-state index is 11.4. The largest absolute Gasteiger partial charge is 0.371 e. The monoisotopic (exact) mass is 225 g/mol. The first-order valence-corrected chi connectivity index (χ1v) is 5.26. The fraction of sp³-hybridized carbons (Fsp3) is 0.875. The highest BCUT2D eigenvalue weighted by Gasteiger charge is 2.27. The standard InChI is InChI=1S/C8H13Cl2NO2/c9-7(10)8(13)11-5-3-1-2-4-6(11)12/h7-8,13H,1-5H2. The van der Waals surface area contributed by atoms with Gasteiger partial charge in [0.15, 0.2) is 11.1 Å². The lowest BCUT2D eigenvalue weighted by molar-refractivity contribution is -0.139. The fourth-order valence-electron chi connectivity index (χ4n) is 1.42. The summed E-state index contributed by atoms with van der Waals surface area (Å²) in [6, 6.07) is 0. The predicted octanol–water partition coefficient (Wildman–Crippen LogP) is 1.51. The van der Waals surface area contributed by atoms with Crippen LogP contribution in [0.3, 0.4) is 0 Å². The molecule has 0 spiro atoms. The van der Waals surface area contributed by atoms with E-state index >= 15 is 0 Å². The molecule has 0 aliphatic carbocycles. The molecule has 13 heavy (non-hydrogen) atoms. The molecule has 1 saturated heterocycles.